The summed E-state index contributed by atoms with van der Waals surface area (Å²) in [6, 6.07) is 15.2. The lowest BCUT2D eigenvalue weighted by Crippen LogP contribution is -2.44. The predicted octanol–water partition coefficient (Wildman–Crippen LogP) is 6.38. The normalized spacial score (nSPS) is 13.9. The number of benzene rings is 2. The zero-order chi connectivity index (χ0) is 31.1. The van der Waals surface area contributed by atoms with Gasteiger partial charge in [0.1, 0.15) is 5.65 Å². The van der Waals surface area contributed by atoms with Gasteiger partial charge >= 0.3 is 0 Å². The third-order valence-electron chi connectivity index (χ3n) is 9.20. The van der Waals surface area contributed by atoms with Gasteiger partial charge in [0.2, 0.25) is 5.91 Å². The molecule has 2 aromatic carbocycles. The van der Waals surface area contributed by atoms with E-state index in [0.29, 0.717) is 0 Å². The highest BCUT2D eigenvalue weighted by atomic mass is 16.2. The average molecular weight is 588 g/mol. The molecule has 1 N–H and O–H groups in total. The summed E-state index contributed by atoms with van der Waals surface area (Å²) in [4.78, 5) is 27.8. The molecule has 1 amide bonds. The first-order valence-corrected chi connectivity index (χ1v) is 15.3. The first-order valence-electron chi connectivity index (χ1n) is 15.3. The molecule has 1 saturated heterocycles. The molecule has 0 radical (unpaired) electrons. The molecule has 1 fully saturated rings. The fourth-order valence-electron chi connectivity index (χ4n) is 6.37. The van der Waals surface area contributed by atoms with Crippen molar-refractivity contribution in [2.75, 3.05) is 50.1 Å². The number of aromatic nitrogens is 4. The zero-order valence-corrected chi connectivity index (χ0v) is 26.6. The van der Waals surface area contributed by atoms with E-state index in [2.05, 4.69) is 89.8 Å². The standard InChI is InChI=1S/C36H41N7O/c1-8-28-30(29-22-38-42(7)24(29)4)21-37-36-34(28)33(26-11-10-23(3)31(20-26)41(6)32(44)9-2)35(39-36)25-12-14-27(15-13-25)43-18-16-40(5)17-19-43/h9-15,20-22H,2,8,16-19H2,1,3-7H3,(H,37,39). The minimum absolute atomic E-state index is 0.144. The molecule has 0 saturated carbocycles. The van der Waals surface area contributed by atoms with Crippen LogP contribution in [-0.2, 0) is 18.3 Å². The number of hydrogen-bond acceptors (Lipinski definition) is 5. The van der Waals surface area contributed by atoms with Gasteiger partial charge in [-0.1, -0.05) is 37.8 Å². The summed E-state index contributed by atoms with van der Waals surface area (Å²) >= 11 is 0. The van der Waals surface area contributed by atoms with Gasteiger partial charge in [-0.15, -0.1) is 0 Å². The number of H-pyrrole nitrogens is 1. The molecule has 44 heavy (non-hydrogen) atoms. The lowest BCUT2D eigenvalue weighted by Gasteiger charge is -2.34. The van der Waals surface area contributed by atoms with Crippen molar-refractivity contribution in [3.8, 4) is 33.5 Å². The molecule has 0 unspecified atom stereocenters. The smallest absolute Gasteiger partial charge is 0.250 e. The SMILES string of the molecule is C=CC(=O)N(C)c1cc(-c2c(-c3ccc(N4CCN(C)CC4)cc3)[nH]c3ncc(-c4cnn(C)c4C)c(CC)c23)ccc1C. The number of pyridine rings is 1. The van der Waals surface area contributed by atoms with Crippen LogP contribution in [0.2, 0.25) is 0 Å². The van der Waals surface area contributed by atoms with Crippen molar-refractivity contribution in [1.82, 2.24) is 24.6 Å². The minimum atomic E-state index is -0.144. The number of anilines is 2. The van der Waals surface area contributed by atoms with Crippen molar-refractivity contribution in [2.24, 2.45) is 7.05 Å². The molecular formula is C36H41N7O. The monoisotopic (exact) mass is 587 g/mol. The second kappa shape index (κ2) is 11.8. The maximum atomic E-state index is 12.7. The molecule has 8 heteroatoms. The Morgan fingerprint density at radius 3 is 2.34 bits per heavy atom. The Balaban J connectivity index is 1.57. The van der Waals surface area contributed by atoms with E-state index in [1.807, 2.05) is 31.0 Å². The highest BCUT2D eigenvalue weighted by Gasteiger charge is 2.24. The van der Waals surface area contributed by atoms with Gasteiger partial charge in [0.15, 0.2) is 0 Å². The molecule has 226 valence electrons. The maximum absolute atomic E-state index is 12.7. The van der Waals surface area contributed by atoms with Gasteiger partial charge < -0.3 is 19.7 Å². The molecule has 4 heterocycles. The van der Waals surface area contributed by atoms with Gasteiger partial charge in [-0.2, -0.15) is 5.10 Å². The number of hydrogen-bond donors (Lipinski definition) is 1. The number of piperazine rings is 1. The second-order valence-electron chi connectivity index (χ2n) is 11.8. The Morgan fingerprint density at radius 2 is 1.70 bits per heavy atom. The number of fused-ring (bicyclic) bond motifs is 1. The van der Waals surface area contributed by atoms with Crippen LogP contribution in [-0.4, -0.2) is 70.8 Å². The van der Waals surface area contributed by atoms with Crippen LogP contribution >= 0.6 is 0 Å². The largest absolute Gasteiger partial charge is 0.369 e. The Morgan fingerprint density at radius 1 is 1.00 bits per heavy atom. The van der Waals surface area contributed by atoms with Crippen LogP contribution < -0.4 is 9.80 Å². The fourth-order valence-corrected chi connectivity index (χ4v) is 6.37. The predicted molar refractivity (Wildman–Crippen MR) is 181 cm³/mol. The molecule has 3 aromatic heterocycles. The van der Waals surface area contributed by atoms with Crippen LogP contribution in [0.4, 0.5) is 11.4 Å². The van der Waals surface area contributed by atoms with E-state index in [4.69, 9.17) is 4.98 Å². The van der Waals surface area contributed by atoms with Crippen molar-refractivity contribution in [2.45, 2.75) is 27.2 Å². The highest BCUT2D eigenvalue weighted by Crippen LogP contribution is 2.44. The molecule has 0 aliphatic carbocycles. The maximum Gasteiger partial charge on any atom is 0.250 e. The summed E-state index contributed by atoms with van der Waals surface area (Å²) in [6.07, 6.45) is 6.08. The van der Waals surface area contributed by atoms with Gasteiger partial charge in [0.25, 0.3) is 0 Å². The number of nitrogens with zero attached hydrogens (tertiary/aromatic N) is 6. The number of carbonyl (C=O) groups is 1. The van der Waals surface area contributed by atoms with E-state index >= 15 is 0 Å². The lowest BCUT2D eigenvalue weighted by atomic mass is 9.91. The number of carbonyl (C=O) groups excluding carboxylic acids is 1. The summed E-state index contributed by atoms with van der Waals surface area (Å²) in [5.41, 5.74) is 12.7. The van der Waals surface area contributed by atoms with Crippen molar-refractivity contribution < 1.29 is 4.79 Å². The van der Waals surface area contributed by atoms with Crippen LogP contribution in [0.3, 0.4) is 0 Å². The third-order valence-corrected chi connectivity index (χ3v) is 9.20. The van der Waals surface area contributed by atoms with Crippen LogP contribution in [0.1, 0.15) is 23.7 Å². The van der Waals surface area contributed by atoms with Crippen LogP contribution in [0.15, 0.2) is 67.5 Å². The van der Waals surface area contributed by atoms with E-state index in [1.54, 1.807) is 11.9 Å². The summed E-state index contributed by atoms with van der Waals surface area (Å²) in [5.74, 6) is -0.144. The Labute approximate surface area is 259 Å². The molecule has 5 aromatic rings. The van der Waals surface area contributed by atoms with Gasteiger partial charge in [-0.05, 0) is 73.8 Å². The van der Waals surface area contributed by atoms with Crippen LogP contribution in [0, 0.1) is 13.8 Å². The van der Waals surface area contributed by atoms with E-state index < -0.39 is 0 Å². The number of aryl methyl sites for hydroxylation is 3. The summed E-state index contributed by atoms with van der Waals surface area (Å²) in [6.45, 7) is 14.2. The number of rotatable bonds is 7. The molecule has 6 rings (SSSR count). The number of likely N-dealkylation sites (N-methyl/N-ethyl adjacent to an activating group) is 2. The van der Waals surface area contributed by atoms with Crippen molar-refractivity contribution in [1.29, 1.82) is 0 Å². The molecule has 0 atom stereocenters. The lowest BCUT2D eigenvalue weighted by molar-refractivity contribution is -0.113. The number of amides is 1. The van der Waals surface area contributed by atoms with Gasteiger partial charge in [-0.3, -0.25) is 9.48 Å². The van der Waals surface area contributed by atoms with Gasteiger partial charge in [0.05, 0.1) is 11.9 Å². The molecule has 1 aliphatic rings. The minimum Gasteiger partial charge on any atom is -0.369 e. The van der Waals surface area contributed by atoms with Crippen molar-refractivity contribution >= 4 is 28.3 Å². The zero-order valence-electron chi connectivity index (χ0n) is 26.6. The van der Waals surface area contributed by atoms with Crippen molar-refractivity contribution in [3.63, 3.8) is 0 Å². The van der Waals surface area contributed by atoms with E-state index in [1.165, 1.54) is 17.3 Å². The molecule has 1 aliphatic heterocycles. The highest BCUT2D eigenvalue weighted by molar-refractivity contribution is 6.07. The van der Waals surface area contributed by atoms with Gasteiger partial charge in [0, 0.05) is 85.6 Å². The molecule has 8 nitrogen and oxygen atoms in total. The Hall–Kier alpha value is -4.69. The third kappa shape index (κ3) is 5.09. The van der Waals surface area contributed by atoms with Crippen LogP contribution in [0.5, 0.6) is 0 Å². The molecule has 0 bridgehead atoms. The fraction of sp³-hybridized carbons (Fsp3) is 0.306. The summed E-state index contributed by atoms with van der Waals surface area (Å²) in [7, 11) is 5.95. The second-order valence-corrected chi connectivity index (χ2v) is 11.8. The Kier molecular flexibility index (Phi) is 7.86. The first-order chi connectivity index (χ1) is 21.2. The van der Waals surface area contributed by atoms with Crippen molar-refractivity contribution in [3.05, 3.63) is 84.3 Å². The average Bonchev–Trinajstić information content (AvgIpc) is 3.60. The molecular weight excluding hydrogens is 546 g/mol. The van der Waals surface area contributed by atoms with E-state index in [0.717, 1.165) is 94.1 Å². The van der Waals surface area contributed by atoms with Crippen LogP contribution in [0.25, 0.3) is 44.5 Å². The number of nitrogens with one attached hydrogen (secondary N) is 1. The Bertz CT molecular complexity index is 1860. The number of aromatic amines is 1. The van der Waals surface area contributed by atoms with Gasteiger partial charge in [-0.25, -0.2) is 4.98 Å². The summed E-state index contributed by atoms with van der Waals surface area (Å²) in [5, 5.41) is 5.62. The topological polar surface area (TPSA) is 73.3 Å². The quantitative estimate of drug-likeness (QED) is 0.224. The summed E-state index contributed by atoms with van der Waals surface area (Å²) < 4.78 is 1.91. The first kappa shape index (κ1) is 29.4. The molecule has 0 spiro atoms. The van der Waals surface area contributed by atoms with E-state index in [9.17, 15) is 4.79 Å². The van der Waals surface area contributed by atoms with E-state index in [-0.39, 0.29) is 5.91 Å².